The second kappa shape index (κ2) is 9.31. The van der Waals surface area contributed by atoms with E-state index in [4.69, 9.17) is 9.97 Å². The van der Waals surface area contributed by atoms with Crippen molar-refractivity contribution in [1.29, 1.82) is 0 Å². The number of pyridine rings is 2. The van der Waals surface area contributed by atoms with Gasteiger partial charge in [-0.2, -0.15) is 0 Å². The number of aromatic nitrogens is 2. The number of carbonyl (C=O) groups excluding carboxylic acids is 1. The molecular formula is C23H28N4O. The molecule has 1 aliphatic rings. The van der Waals surface area contributed by atoms with Crippen molar-refractivity contribution in [3.63, 3.8) is 0 Å². The number of nitrogens with zero attached hydrogens (tertiary/aromatic N) is 3. The summed E-state index contributed by atoms with van der Waals surface area (Å²) in [6, 6.07) is 8.01. The lowest BCUT2D eigenvalue weighted by Gasteiger charge is -2.32. The fourth-order valence-electron chi connectivity index (χ4n) is 3.50. The molecule has 0 atom stereocenters. The molecule has 1 fully saturated rings. The van der Waals surface area contributed by atoms with Crippen molar-refractivity contribution in [2.75, 3.05) is 23.3 Å². The number of rotatable bonds is 7. The average molecular weight is 377 g/mol. The van der Waals surface area contributed by atoms with Crippen LogP contribution in [0.5, 0.6) is 0 Å². The summed E-state index contributed by atoms with van der Waals surface area (Å²) in [4.78, 5) is 22.5. The molecule has 28 heavy (non-hydrogen) atoms. The normalized spacial score (nSPS) is 15.9. The van der Waals surface area contributed by atoms with Gasteiger partial charge in [0.2, 0.25) is 0 Å². The molecule has 2 aromatic heterocycles. The minimum Gasteiger partial charge on any atom is -0.357 e. The number of fused-ring (bicyclic) bond motifs is 1. The van der Waals surface area contributed by atoms with E-state index in [1.807, 2.05) is 56.3 Å². The number of hydrogen-bond acceptors (Lipinski definition) is 5. The highest BCUT2D eigenvalue weighted by atomic mass is 16.1. The van der Waals surface area contributed by atoms with Gasteiger partial charge in [0.1, 0.15) is 17.9 Å². The summed E-state index contributed by atoms with van der Waals surface area (Å²) in [5.74, 6) is 2.28. The monoisotopic (exact) mass is 376 g/mol. The minimum atomic E-state index is 0.517. The Bertz CT molecular complexity index is 908. The number of carbonyl (C=O) groups is 1. The van der Waals surface area contributed by atoms with Gasteiger partial charge < -0.3 is 15.0 Å². The molecule has 0 amide bonds. The number of piperidine rings is 1. The van der Waals surface area contributed by atoms with Crippen molar-refractivity contribution in [3.05, 3.63) is 60.3 Å². The molecular weight excluding hydrogens is 348 g/mol. The Morgan fingerprint density at radius 2 is 1.93 bits per heavy atom. The number of hydrogen-bond donors (Lipinski definition) is 1. The molecule has 0 bridgehead atoms. The van der Waals surface area contributed by atoms with Crippen molar-refractivity contribution in [2.24, 2.45) is 5.92 Å². The lowest BCUT2D eigenvalue weighted by molar-refractivity contribution is -0.108. The molecule has 5 heteroatoms. The highest BCUT2D eigenvalue weighted by Crippen LogP contribution is 2.25. The molecule has 1 N–H and O–H groups in total. The summed E-state index contributed by atoms with van der Waals surface area (Å²) in [5, 5.41) is 3.33. The van der Waals surface area contributed by atoms with E-state index in [9.17, 15) is 4.79 Å². The van der Waals surface area contributed by atoms with Crippen LogP contribution in [0.1, 0.15) is 33.1 Å². The number of aldehydes is 1. The number of allylic oxidation sites excluding steroid dienone is 4. The first-order valence-electron chi connectivity index (χ1n) is 9.82. The van der Waals surface area contributed by atoms with Gasteiger partial charge in [-0.3, -0.25) is 0 Å². The van der Waals surface area contributed by atoms with Crippen LogP contribution in [0.2, 0.25) is 0 Å². The van der Waals surface area contributed by atoms with Crippen LogP contribution < -0.4 is 10.2 Å². The molecule has 0 radical (unpaired) electrons. The van der Waals surface area contributed by atoms with Crippen molar-refractivity contribution < 1.29 is 4.79 Å². The van der Waals surface area contributed by atoms with E-state index in [2.05, 4.69) is 16.8 Å². The Morgan fingerprint density at radius 1 is 1.21 bits per heavy atom. The largest absolute Gasteiger partial charge is 0.357 e. The Morgan fingerprint density at radius 3 is 2.61 bits per heavy atom. The maximum atomic E-state index is 10.7. The molecule has 3 heterocycles. The quantitative estimate of drug-likeness (QED) is 0.551. The first-order chi connectivity index (χ1) is 13.6. The van der Waals surface area contributed by atoms with Gasteiger partial charge in [0.25, 0.3) is 0 Å². The Labute approximate surface area is 166 Å². The second-order valence-electron chi connectivity index (χ2n) is 7.31. The van der Waals surface area contributed by atoms with Crippen molar-refractivity contribution >= 4 is 29.0 Å². The number of anilines is 2. The lowest BCUT2D eigenvalue weighted by atomic mass is 9.94. The molecule has 5 nitrogen and oxygen atoms in total. The topological polar surface area (TPSA) is 58.1 Å². The first kappa shape index (κ1) is 19.8. The van der Waals surface area contributed by atoms with E-state index in [0.29, 0.717) is 12.3 Å². The molecule has 0 aromatic carbocycles. The van der Waals surface area contributed by atoms with Gasteiger partial charge in [0.15, 0.2) is 0 Å². The number of nitrogens with one attached hydrogen (secondary N) is 1. The lowest BCUT2D eigenvalue weighted by Crippen LogP contribution is -2.34. The average Bonchev–Trinajstić information content (AvgIpc) is 2.68. The summed E-state index contributed by atoms with van der Waals surface area (Å²) in [6.45, 7) is 9.77. The molecule has 0 saturated carbocycles. The smallest absolute Gasteiger partial charge is 0.131 e. The third-order valence-electron chi connectivity index (χ3n) is 4.92. The molecule has 3 rings (SSSR count). The highest BCUT2D eigenvalue weighted by Gasteiger charge is 2.20. The van der Waals surface area contributed by atoms with Gasteiger partial charge in [0.05, 0.1) is 11.0 Å². The van der Waals surface area contributed by atoms with Crippen LogP contribution in [0.15, 0.2) is 60.3 Å². The maximum Gasteiger partial charge on any atom is 0.131 e. The predicted octanol–water partition coefficient (Wildman–Crippen LogP) is 4.88. The first-order valence-corrected chi connectivity index (χ1v) is 9.82. The van der Waals surface area contributed by atoms with Crippen molar-refractivity contribution in [3.8, 4) is 0 Å². The van der Waals surface area contributed by atoms with Crippen LogP contribution in [0, 0.1) is 5.92 Å². The van der Waals surface area contributed by atoms with E-state index in [0.717, 1.165) is 66.2 Å². The fraction of sp³-hybridized carbons (Fsp3) is 0.348. The summed E-state index contributed by atoms with van der Waals surface area (Å²) in [7, 11) is 0. The molecule has 1 aliphatic heterocycles. The Hall–Kier alpha value is -2.95. The predicted molar refractivity (Wildman–Crippen MR) is 116 cm³/mol. The van der Waals surface area contributed by atoms with Gasteiger partial charge in [-0.1, -0.05) is 18.2 Å². The summed E-state index contributed by atoms with van der Waals surface area (Å²) < 4.78 is 0. The van der Waals surface area contributed by atoms with Crippen molar-refractivity contribution in [1.82, 2.24) is 9.97 Å². The van der Waals surface area contributed by atoms with E-state index in [-0.39, 0.29) is 0 Å². The summed E-state index contributed by atoms with van der Waals surface area (Å²) in [5.41, 5.74) is 3.67. The molecule has 0 spiro atoms. The molecule has 1 saturated heterocycles. The Balaban J connectivity index is 1.75. The zero-order valence-electron chi connectivity index (χ0n) is 16.7. The van der Waals surface area contributed by atoms with Gasteiger partial charge in [0, 0.05) is 25.2 Å². The molecule has 2 aromatic rings. The van der Waals surface area contributed by atoms with E-state index in [1.165, 1.54) is 0 Å². The van der Waals surface area contributed by atoms with Crippen LogP contribution in [-0.2, 0) is 4.79 Å². The third kappa shape index (κ3) is 5.06. The minimum absolute atomic E-state index is 0.517. The van der Waals surface area contributed by atoms with E-state index < -0.39 is 0 Å². The third-order valence-corrected chi connectivity index (χ3v) is 4.92. The van der Waals surface area contributed by atoms with Crippen LogP contribution in [0.4, 0.5) is 11.6 Å². The molecule has 146 valence electrons. The van der Waals surface area contributed by atoms with Gasteiger partial charge in [-0.05, 0) is 69.0 Å². The highest BCUT2D eigenvalue weighted by molar-refractivity contribution is 5.78. The van der Waals surface area contributed by atoms with Gasteiger partial charge in [-0.25, -0.2) is 9.97 Å². The zero-order valence-corrected chi connectivity index (χ0v) is 16.7. The zero-order chi connectivity index (χ0) is 19.9. The summed E-state index contributed by atoms with van der Waals surface area (Å²) in [6.07, 6.45) is 9.77. The van der Waals surface area contributed by atoms with Gasteiger partial charge in [-0.15, -0.1) is 0 Å². The van der Waals surface area contributed by atoms with Crippen molar-refractivity contribution in [2.45, 2.75) is 33.1 Å². The Kier molecular flexibility index (Phi) is 6.58. The molecule has 0 unspecified atom stereocenters. The van der Waals surface area contributed by atoms with Crippen LogP contribution in [-0.4, -0.2) is 29.3 Å². The maximum absolute atomic E-state index is 10.7. The fourth-order valence-corrected chi connectivity index (χ4v) is 3.50. The van der Waals surface area contributed by atoms with E-state index in [1.54, 1.807) is 0 Å². The summed E-state index contributed by atoms with van der Waals surface area (Å²) >= 11 is 0. The second-order valence-corrected chi connectivity index (χ2v) is 7.31. The SMILES string of the molecule is C=C(C)/C=C(\C=C/C)Nc1ccc2nc(N3CCC(CC=O)CC3)ccc2n1. The van der Waals surface area contributed by atoms with Gasteiger partial charge >= 0.3 is 0 Å². The van der Waals surface area contributed by atoms with E-state index >= 15 is 0 Å². The van der Waals surface area contributed by atoms with Crippen LogP contribution in [0.25, 0.3) is 11.0 Å². The standard InChI is InChI=1S/C23H28N4O/c1-4-5-19(16-17(2)3)24-22-8-6-21-20(25-22)7-9-23(26-21)27-13-10-18(11-14-27)12-15-28/h4-9,15-16,18H,2,10-14H2,1,3H3,(H,24,25)/b5-4-,19-16+. The van der Waals surface area contributed by atoms with Crippen LogP contribution >= 0.6 is 0 Å². The van der Waals surface area contributed by atoms with Crippen LogP contribution in [0.3, 0.4) is 0 Å². The molecule has 0 aliphatic carbocycles.